The van der Waals surface area contributed by atoms with Gasteiger partial charge in [-0.05, 0) is 13.0 Å². The second-order valence-electron chi connectivity index (χ2n) is 5.37. The summed E-state index contributed by atoms with van der Waals surface area (Å²) < 4.78 is 4.69. The molecule has 0 aliphatic heterocycles. The molecule has 0 atom stereocenters. The summed E-state index contributed by atoms with van der Waals surface area (Å²) in [6, 6.07) is 11.6. The van der Waals surface area contributed by atoms with E-state index in [-0.39, 0.29) is 11.7 Å². The average molecular weight is 400 g/mol. The molecule has 3 rings (SSSR count). The first-order chi connectivity index (χ1) is 13.1. The molecule has 27 heavy (non-hydrogen) atoms. The third-order valence-corrected chi connectivity index (χ3v) is 5.45. The fourth-order valence-corrected chi connectivity index (χ4v) is 3.78. The van der Waals surface area contributed by atoms with Crippen molar-refractivity contribution in [2.24, 2.45) is 0 Å². The van der Waals surface area contributed by atoms with Crippen LogP contribution in [0.4, 0.5) is 5.13 Å². The minimum Gasteiger partial charge on any atom is -0.465 e. The molecule has 138 valence electrons. The Hall–Kier alpha value is -2.78. The maximum Gasteiger partial charge on any atom is 0.350 e. The molecule has 2 heterocycles. The smallest absolute Gasteiger partial charge is 0.350 e. The summed E-state index contributed by atoms with van der Waals surface area (Å²) >= 11 is 2.39. The number of hydrogen-bond donors (Lipinski definition) is 1. The predicted octanol–water partition coefficient (Wildman–Crippen LogP) is 3.43. The van der Waals surface area contributed by atoms with Gasteiger partial charge >= 0.3 is 5.97 Å². The van der Waals surface area contributed by atoms with Crippen molar-refractivity contribution in [2.45, 2.75) is 11.9 Å². The number of carbonyl (C=O) groups excluding carboxylic acids is 2. The molecular weight excluding hydrogens is 384 g/mol. The molecule has 0 fully saturated rings. The lowest BCUT2D eigenvalue weighted by atomic mass is 10.1. The highest BCUT2D eigenvalue weighted by Gasteiger charge is 2.17. The maximum absolute atomic E-state index is 12.2. The van der Waals surface area contributed by atoms with Crippen LogP contribution < -0.4 is 5.32 Å². The number of ether oxygens (including phenoxy) is 1. The Morgan fingerprint density at radius 2 is 2.00 bits per heavy atom. The number of amides is 1. The molecule has 7 nitrogen and oxygen atoms in total. The third kappa shape index (κ3) is 4.89. The van der Waals surface area contributed by atoms with Crippen LogP contribution in [-0.4, -0.2) is 39.7 Å². The van der Waals surface area contributed by atoms with Gasteiger partial charge in [-0.3, -0.25) is 4.79 Å². The van der Waals surface area contributed by atoms with Crippen molar-refractivity contribution >= 4 is 40.1 Å². The number of rotatable bonds is 6. The maximum atomic E-state index is 12.2. The number of anilines is 1. The van der Waals surface area contributed by atoms with Crippen LogP contribution in [0.25, 0.3) is 11.3 Å². The van der Waals surface area contributed by atoms with E-state index in [9.17, 15) is 9.59 Å². The van der Waals surface area contributed by atoms with Gasteiger partial charge in [0.25, 0.3) is 0 Å². The zero-order valence-corrected chi connectivity index (χ0v) is 16.3. The molecule has 9 heteroatoms. The summed E-state index contributed by atoms with van der Waals surface area (Å²) in [6.45, 7) is 1.69. The fraction of sp³-hybridized carbons (Fsp3) is 0.167. The van der Waals surface area contributed by atoms with Gasteiger partial charge in [0, 0.05) is 5.56 Å². The van der Waals surface area contributed by atoms with Crippen molar-refractivity contribution in [3.8, 4) is 11.3 Å². The number of carbonyl (C=O) groups is 2. The Kier molecular flexibility index (Phi) is 6.15. The molecule has 0 unspecified atom stereocenters. The molecule has 1 amide bonds. The van der Waals surface area contributed by atoms with Gasteiger partial charge in [0.15, 0.2) is 5.13 Å². The van der Waals surface area contributed by atoms with Gasteiger partial charge in [-0.15, -0.1) is 0 Å². The van der Waals surface area contributed by atoms with Crippen LogP contribution in [0.1, 0.15) is 15.4 Å². The topological polar surface area (TPSA) is 94.1 Å². The van der Waals surface area contributed by atoms with E-state index in [0.29, 0.717) is 20.7 Å². The Morgan fingerprint density at radius 1 is 1.22 bits per heavy atom. The van der Waals surface area contributed by atoms with Crippen LogP contribution in [0, 0.1) is 6.92 Å². The molecule has 3 aromatic rings. The molecule has 0 saturated carbocycles. The highest BCUT2D eigenvalue weighted by atomic mass is 32.2. The van der Waals surface area contributed by atoms with E-state index >= 15 is 0 Å². The van der Waals surface area contributed by atoms with Crippen molar-refractivity contribution in [1.29, 1.82) is 0 Å². The number of nitrogens with one attached hydrogen (secondary N) is 1. The Bertz CT molecular complexity index is 960. The fourth-order valence-electron chi connectivity index (χ4n) is 2.21. The van der Waals surface area contributed by atoms with E-state index in [1.807, 2.05) is 36.4 Å². The summed E-state index contributed by atoms with van der Waals surface area (Å²) in [7, 11) is 1.31. The lowest BCUT2D eigenvalue weighted by Crippen LogP contribution is -2.13. The van der Waals surface area contributed by atoms with Crippen LogP contribution in [0.3, 0.4) is 0 Å². The zero-order chi connectivity index (χ0) is 19.2. The van der Waals surface area contributed by atoms with Gasteiger partial charge in [0.2, 0.25) is 5.91 Å². The zero-order valence-electron chi connectivity index (χ0n) is 14.6. The second-order valence-corrected chi connectivity index (χ2v) is 7.36. The molecule has 0 aliphatic rings. The summed E-state index contributed by atoms with van der Waals surface area (Å²) in [5.41, 5.74) is 2.31. The summed E-state index contributed by atoms with van der Waals surface area (Å²) in [6.07, 6.45) is 1.48. The number of nitrogens with zero attached hydrogens (tertiary/aromatic N) is 3. The Morgan fingerprint density at radius 3 is 2.74 bits per heavy atom. The molecule has 2 aromatic heterocycles. The number of esters is 1. The van der Waals surface area contributed by atoms with Crippen molar-refractivity contribution in [3.63, 3.8) is 0 Å². The van der Waals surface area contributed by atoms with Crippen LogP contribution in [-0.2, 0) is 9.53 Å². The molecule has 0 saturated heterocycles. The van der Waals surface area contributed by atoms with Crippen molar-refractivity contribution in [1.82, 2.24) is 15.0 Å². The van der Waals surface area contributed by atoms with E-state index in [2.05, 4.69) is 25.0 Å². The van der Waals surface area contributed by atoms with E-state index < -0.39 is 5.97 Å². The standard InChI is InChI=1S/C18H16N4O3S2/c1-11-16(17(24)25-2)27-18(21-11)22-14(23)9-26-15-8-13(19-10-20-15)12-6-4-3-5-7-12/h3-8,10H,9H2,1-2H3,(H,21,22,23). The van der Waals surface area contributed by atoms with Crippen molar-refractivity contribution < 1.29 is 14.3 Å². The molecular formula is C18H16N4O3S2. The molecule has 1 aromatic carbocycles. The number of thioether (sulfide) groups is 1. The van der Waals surface area contributed by atoms with E-state index in [1.165, 1.54) is 25.2 Å². The van der Waals surface area contributed by atoms with Gasteiger partial charge in [-0.25, -0.2) is 19.7 Å². The first-order valence-corrected chi connectivity index (χ1v) is 9.73. The normalized spacial score (nSPS) is 10.4. The first kappa shape index (κ1) is 19.0. The van der Waals surface area contributed by atoms with Gasteiger partial charge in [-0.2, -0.15) is 0 Å². The van der Waals surface area contributed by atoms with Gasteiger partial charge in [0.05, 0.1) is 24.3 Å². The molecule has 0 bridgehead atoms. The predicted molar refractivity (Wildman–Crippen MR) is 105 cm³/mol. The highest BCUT2D eigenvalue weighted by Crippen LogP contribution is 2.25. The lowest BCUT2D eigenvalue weighted by Gasteiger charge is -2.04. The number of hydrogen-bond acceptors (Lipinski definition) is 8. The monoisotopic (exact) mass is 400 g/mol. The van der Waals surface area contributed by atoms with Gasteiger partial charge < -0.3 is 10.1 Å². The average Bonchev–Trinajstić information content (AvgIpc) is 3.06. The minimum absolute atomic E-state index is 0.164. The van der Waals surface area contributed by atoms with Crippen LogP contribution >= 0.6 is 23.1 Å². The molecule has 1 N–H and O–H groups in total. The van der Waals surface area contributed by atoms with Crippen molar-refractivity contribution in [3.05, 3.63) is 53.3 Å². The molecule has 0 aliphatic carbocycles. The number of aryl methyl sites for hydroxylation is 1. The number of aromatic nitrogens is 3. The third-order valence-electron chi connectivity index (χ3n) is 3.48. The summed E-state index contributed by atoms with van der Waals surface area (Å²) in [5, 5.41) is 3.76. The quantitative estimate of drug-likeness (QED) is 0.385. The summed E-state index contributed by atoms with van der Waals surface area (Å²) in [5.74, 6) is -0.531. The van der Waals surface area contributed by atoms with E-state index in [0.717, 1.165) is 22.6 Å². The first-order valence-electron chi connectivity index (χ1n) is 7.92. The van der Waals surface area contributed by atoms with Crippen molar-refractivity contribution in [2.75, 3.05) is 18.2 Å². The number of thiazole rings is 1. The Balaban J connectivity index is 1.61. The van der Waals surface area contributed by atoms with E-state index in [4.69, 9.17) is 0 Å². The van der Waals surface area contributed by atoms with E-state index in [1.54, 1.807) is 6.92 Å². The largest absolute Gasteiger partial charge is 0.465 e. The lowest BCUT2D eigenvalue weighted by molar-refractivity contribution is -0.113. The summed E-state index contributed by atoms with van der Waals surface area (Å²) in [4.78, 5) is 36.8. The molecule has 0 radical (unpaired) electrons. The second kappa shape index (κ2) is 8.74. The van der Waals surface area contributed by atoms with Crippen LogP contribution in [0.2, 0.25) is 0 Å². The molecule has 0 spiro atoms. The van der Waals surface area contributed by atoms with Gasteiger partial charge in [0.1, 0.15) is 16.2 Å². The Labute approximate surface area is 164 Å². The van der Waals surface area contributed by atoms with Crippen LogP contribution in [0.5, 0.6) is 0 Å². The number of benzene rings is 1. The van der Waals surface area contributed by atoms with Gasteiger partial charge in [-0.1, -0.05) is 53.4 Å². The highest BCUT2D eigenvalue weighted by molar-refractivity contribution is 7.99. The number of methoxy groups -OCH3 is 1. The minimum atomic E-state index is -0.464. The SMILES string of the molecule is COC(=O)c1sc(NC(=O)CSc2cc(-c3ccccc3)ncn2)nc1C. The van der Waals surface area contributed by atoms with Crippen LogP contribution in [0.15, 0.2) is 47.8 Å².